The molecule has 1 unspecified atom stereocenters. The van der Waals surface area contributed by atoms with Gasteiger partial charge < -0.3 is 16.0 Å². The molecule has 1 aromatic heterocycles. The van der Waals surface area contributed by atoms with E-state index in [9.17, 15) is 0 Å². The van der Waals surface area contributed by atoms with Crippen LogP contribution in [0, 0.1) is 0 Å². The van der Waals surface area contributed by atoms with Crippen LogP contribution < -0.4 is 16.0 Å². The molecular weight excluding hydrogens is 352 g/mol. The quantitative estimate of drug-likeness (QED) is 0.577. The summed E-state index contributed by atoms with van der Waals surface area (Å²) in [6, 6.07) is 17.3. The summed E-state index contributed by atoms with van der Waals surface area (Å²) in [5.74, 6) is 0. The fourth-order valence-corrected chi connectivity index (χ4v) is 3.93. The van der Waals surface area contributed by atoms with Crippen molar-refractivity contribution in [2.45, 2.75) is 19.0 Å². The Morgan fingerprint density at radius 1 is 1.12 bits per heavy atom. The Balaban J connectivity index is 1.43. The summed E-state index contributed by atoms with van der Waals surface area (Å²) >= 11 is 7.37. The molecule has 1 atom stereocenters. The molecule has 0 fully saturated rings. The van der Waals surface area contributed by atoms with E-state index in [2.05, 4.69) is 69.5 Å². The predicted octanol–water partition coefficient (Wildman–Crippen LogP) is 5.38. The van der Waals surface area contributed by atoms with Crippen LogP contribution in [-0.4, -0.2) is 11.5 Å². The summed E-state index contributed by atoms with van der Waals surface area (Å²) in [5.41, 5.74) is 4.73. The Bertz CT molecular complexity index is 847. The van der Waals surface area contributed by atoms with Crippen molar-refractivity contribution in [3.8, 4) is 0 Å². The third-order valence-electron chi connectivity index (χ3n) is 4.31. The van der Waals surface area contributed by atoms with E-state index in [-0.39, 0.29) is 0 Å². The number of anilines is 3. The van der Waals surface area contributed by atoms with Gasteiger partial charge in [0.25, 0.3) is 0 Å². The summed E-state index contributed by atoms with van der Waals surface area (Å²) in [6.45, 7) is 1.70. The van der Waals surface area contributed by atoms with Crippen molar-refractivity contribution >= 4 is 40.0 Å². The molecule has 6 heteroatoms. The highest BCUT2D eigenvalue weighted by Gasteiger charge is 2.16. The van der Waals surface area contributed by atoms with Crippen molar-refractivity contribution < 1.29 is 0 Å². The van der Waals surface area contributed by atoms with E-state index in [1.54, 1.807) is 0 Å². The fraction of sp³-hybridized carbons (Fsp3) is 0.211. The average Bonchev–Trinajstić information content (AvgIpc) is 2.94. The minimum atomic E-state index is 0.311. The first-order valence-electron chi connectivity index (χ1n) is 8.31. The van der Waals surface area contributed by atoms with E-state index in [1.165, 1.54) is 22.6 Å². The predicted molar refractivity (Wildman–Crippen MR) is 107 cm³/mol. The van der Waals surface area contributed by atoms with Crippen molar-refractivity contribution in [3.05, 3.63) is 69.6 Å². The van der Waals surface area contributed by atoms with Crippen LogP contribution in [0.1, 0.15) is 22.9 Å². The van der Waals surface area contributed by atoms with Crippen molar-refractivity contribution in [2.24, 2.45) is 0 Å². The molecule has 0 saturated carbocycles. The molecule has 3 N–H and O–H groups in total. The summed E-state index contributed by atoms with van der Waals surface area (Å²) < 4.78 is 0.584. The highest BCUT2D eigenvalue weighted by molar-refractivity contribution is 7.15. The van der Waals surface area contributed by atoms with Gasteiger partial charge in [0.1, 0.15) is 0 Å². The van der Waals surface area contributed by atoms with Crippen LogP contribution in [-0.2, 0) is 6.54 Å². The molecule has 0 aliphatic carbocycles. The molecule has 2 heterocycles. The summed E-state index contributed by atoms with van der Waals surface area (Å²) in [4.78, 5) is 5.19. The third kappa shape index (κ3) is 3.89. The number of benzene rings is 2. The lowest BCUT2D eigenvalue weighted by Crippen LogP contribution is -2.11. The van der Waals surface area contributed by atoms with E-state index in [0.717, 1.165) is 35.8 Å². The SMILES string of the molecule is Clc1ncc(CNc2ccc(C3CCNc4ccccc4N3)cc2)s1. The van der Waals surface area contributed by atoms with E-state index in [4.69, 9.17) is 11.6 Å². The van der Waals surface area contributed by atoms with E-state index >= 15 is 0 Å². The van der Waals surface area contributed by atoms with Gasteiger partial charge in [0.15, 0.2) is 4.47 Å². The molecule has 2 aromatic carbocycles. The first kappa shape index (κ1) is 16.2. The number of aromatic nitrogens is 1. The average molecular weight is 371 g/mol. The molecule has 4 nitrogen and oxygen atoms in total. The van der Waals surface area contributed by atoms with Gasteiger partial charge >= 0.3 is 0 Å². The second-order valence-electron chi connectivity index (χ2n) is 6.01. The largest absolute Gasteiger partial charge is 0.383 e. The molecule has 0 saturated heterocycles. The van der Waals surface area contributed by atoms with E-state index in [0.29, 0.717) is 10.5 Å². The van der Waals surface area contributed by atoms with Crippen LogP contribution in [0.3, 0.4) is 0 Å². The van der Waals surface area contributed by atoms with Crippen molar-refractivity contribution in [2.75, 3.05) is 22.5 Å². The lowest BCUT2D eigenvalue weighted by atomic mass is 10.0. The molecule has 0 spiro atoms. The summed E-state index contributed by atoms with van der Waals surface area (Å²) in [6.07, 6.45) is 2.86. The topological polar surface area (TPSA) is 49.0 Å². The normalized spacial score (nSPS) is 16.3. The summed E-state index contributed by atoms with van der Waals surface area (Å²) in [7, 11) is 0. The van der Waals surface area contributed by atoms with Crippen LogP contribution >= 0.6 is 22.9 Å². The Morgan fingerprint density at radius 3 is 2.68 bits per heavy atom. The lowest BCUT2D eigenvalue weighted by molar-refractivity contribution is 0.732. The number of nitrogens with zero attached hydrogens (tertiary/aromatic N) is 1. The number of rotatable bonds is 4. The zero-order valence-electron chi connectivity index (χ0n) is 13.6. The van der Waals surface area contributed by atoms with Crippen LogP contribution in [0.15, 0.2) is 54.7 Å². The molecule has 128 valence electrons. The number of hydrogen-bond donors (Lipinski definition) is 3. The highest BCUT2D eigenvalue weighted by atomic mass is 35.5. The molecule has 1 aliphatic heterocycles. The number of nitrogens with one attached hydrogen (secondary N) is 3. The Kier molecular flexibility index (Phi) is 4.76. The smallest absolute Gasteiger partial charge is 0.183 e. The molecule has 0 amide bonds. The number of thiazole rings is 1. The van der Waals surface area contributed by atoms with Gasteiger partial charge in [-0.15, -0.1) is 11.3 Å². The van der Waals surface area contributed by atoms with Gasteiger partial charge in [0.2, 0.25) is 0 Å². The maximum absolute atomic E-state index is 5.87. The standard InChI is InChI=1S/C19H19ClN4S/c20-19-23-12-15(25-19)11-22-14-7-5-13(6-8-14)16-9-10-21-17-3-1-2-4-18(17)24-16/h1-8,12,16,21-22,24H,9-11H2. The van der Waals surface area contributed by atoms with Gasteiger partial charge in [-0.1, -0.05) is 35.9 Å². The van der Waals surface area contributed by atoms with E-state index in [1.807, 2.05) is 6.20 Å². The van der Waals surface area contributed by atoms with Crippen LogP contribution in [0.2, 0.25) is 4.47 Å². The number of halogens is 1. The maximum atomic E-state index is 5.87. The first-order chi connectivity index (χ1) is 12.3. The monoisotopic (exact) mass is 370 g/mol. The molecule has 1 aliphatic rings. The minimum Gasteiger partial charge on any atom is -0.383 e. The number of fused-ring (bicyclic) bond motifs is 1. The van der Waals surface area contributed by atoms with Gasteiger partial charge in [-0.25, -0.2) is 4.98 Å². The molecule has 4 rings (SSSR count). The zero-order valence-corrected chi connectivity index (χ0v) is 15.2. The van der Waals surface area contributed by atoms with Gasteiger partial charge in [-0.3, -0.25) is 0 Å². The maximum Gasteiger partial charge on any atom is 0.183 e. The number of para-hydroxylation sites is 2. The van der Waals surface area contributed by atoms with Crippen molar-refractivity contribution in [1.29, 1.82) is 0 Å². The Labute approximate surface area is 156 Å². The second kappa shape index (κ2) is 7.33. The highest BCUT2D eigenvalue weighted by Crippen LogP contribution is 2.31. The van der Waals surface area contributed by atoms with Crippen LogP contribution in [0.4, 0.5) is 17.1 Å². The van der Waals surface area contributed by atoms with Gasteiger partial charge in [0.05, 0.1) is 24.0 Å². The Morgan fingerprint density at radius 2 is 1.92 bits per heavy atom. The van der Waals surface area contributed by atoms with Crippen LogP contribution in [0.5, 0.6) is 0 Å². The van der Waals surface area contributed by atoms with Gasteiger partial charge in [0, 0.05) is 23.3 Å². The molecule has 0 bridgehead atoms. The second-order valence-corrected chi connectivity index (χ2v) is 7.71. The lowest BCUT2D eigenvalue weighted by Gasteiger charge is -2.18. The van der Waals surface area contributed by atoms with Crippen molar-refractivity contribution in [3.63, 3.8) is 0 Å². The molecule has 25 heavy (non-hydrogen) atoms. The van der Waals surface area contributed by atoms with E-state index < -0.39 is 0 Å². The van der Waals surface area contributed by atoms with Crippen LogP contribution in [0.25, 0.3) is 0 Å². The zero-order chi connectivity index (χ0) is 17.1. The Hall–Kier alpha value is -2.24. The minimum absolute atomic E-state index is 0.311. The van der Waals surface area contributed by atoms with Gasteiger partial charge in [-0.2, -0.15) is 0 Å². The third-order valence-corrected chi connectivity index (χ3v) is 5.43. The number of hydrogen-bond acceptors (Lipinski definition) is 5. The van der Waals surface area contributed by atoms with Crippen molar-refractivity contribution in [1.82, 2.24) is 4.98 Å². The first-order valence-corrected chi connectivity index (χ1v) is 9.51. The molecule has 3 aromatic rings. The molecular formula is C19H19ClN4S. The summed E-state index contributed by atoms with van der Waals surface area (Å²) in [5, 5.41) is 10.5. The fourth-order valence-electron chi connectivity index (χ4n) is 3.01. The molecule has 0 radical (unpaired) electrons. The van der Waals surface area contributed by atoms with Gasteiger partial charge in [-0.05, 0) is 36.2 Å².